The summed E-state index contributed by atoms with van der Waals surface area (Å²) in [5.74, 6) is 0.456. The van der Waals surface area contributed by atoms with Crippen LogP contribution in [0.5, 0.6) is 5.75 Å². The maximum Gasteiger partial charge on any atom is 0.262 e. The maximum absolute atomic E-state index is 12.3. The van der Waals surface area contributed by atoms with Gasteiger partial charge in [-0.2, -0.15) is 0 Å². The number of anilines is 2. The Kier molecular flexibility index (Phi) is 7.16. The predicted octanol–water partition coefficient (Wildman–Crippen LogP) is 6.31. The summed E-state index contributed by atoms with van der Waals surface area (Å²) in [5.41, 5.74) is 7.78. The number of carbonyl (C=O) groups is 1. The van der Waals surface area contributed by atoms with E-state index in [2.05, 4.69) is 58.6 Å². The molecule has 5 heteroatoms. The van der Waals surface area contributed by atoms with Gasteiger partial charge in [0.05, 0.1) is 4.47 Å². The van der Waals surface area contributed by atoms with Crippen LogP contribution in [0.4, 0.5) is 11.4 Å². The van der Waals surface area contributed by atoms with Crippen molar-refractivity contribution in [2.24, 2.45) is 0 Å². The van der Waals surface area contributed by atoms with Crippen LogP contribution in [0.1, 0.15) is 27.8 Å². The lowest BCUT2D eigenvalue weighted by molar-refractivity contribution is -0.118. The molecule has 3 aromatic carbocycles. The maximum atomic E-state index is 12.3. The molecule has 0 aliphatic rings. The van der Waals surface area contributed by atoms with E-state index in [1.807, 2.05) is 50.2 Å². The van der Waals surface area contributed by atoms with Crippen molar-refractivity contribution in [3.63, 3.8) is 0 Å². The van der Waals surface area contributed by atoms with Crippen LogP contribution in [0, 0.1) is 27.7 Å². The first-order valence-corrected chi connectivity index (χ1v) is 10.7. The third-order valence-electron chi connectivity index (χ3n) is 5.24. The van der Waals surface area contributed by atoms with Crippen molar-refractivity contribution in [2.45, 2.75) is 34.2 Å². The van der Waals surface area contributed by atoms with E-state index >= 15 is 0 Å². The van der Waals surface area contributed by atoms with Gasteiger partial charge in [-0.3, -0.25) is 4.79 Å². The normalized spacial score (nSPS) is 10.6. The van der Waals surface area contributed by atoms with Gasteiger partial charge >= 0.3 is 0 Å². The first-order chi connectivity index (χ1) is 14.3. The molecule has 0 saturated heterocycles. The number of hydrogen-bond acceptors (Lipinski definition) is 3. The topological polar surface area (TPSA) is 50.4 Å². The van der Waals surface area contributed by atoms with E-state index < -0.39 is 0 Å². The van der Waals surface area contributed by atoms with E-state index in [-0.39, 0.29) is 12.5 Å². The first-order valence-electron chi connectivity index (χ1n) is 9.92. The number of halogens is 1. The molecule has 0 bridgehead atoms. The van der Waals surface area contributed by atoms with Gasteiger partial charge in [0.25, 0.3) is 5.91 Å². The SMILES string of the molecule is Cc1ccc(NCc2ccc(OCC(=O)Nc3cccc(C)c3C)c(Br)c2)cc1C. The third kappa shape index (κ3) is 5.63. The molecule has 3 aromatic rings. The summed E-state index contributed by atoms with van der Waals surface area (Å²) in [7, 11) is 0. The van der Waals surface area contributed by atoms with Crippen LogP contribution in [-0.4, -0.2) is 12.5 Å². The van der Waals surface area contributed by atoms with Gasteiger partial charge in [-0.1, -0.05) is 24.3 Å². The van der Waals surface area contributed by atoms with Crippen molar-refractivity contribution in [3.05, 3.63) is 86.9 Å². The summed E-state index contributed by atoms with van der Waals surface area (Å²) >= 11 is 3.55. The molecule has 0 spiro atoms. The highest BCUT2D eigenvalue weighted by Crippen LogP contribution is 2.27. The molecule has 0 unspecified atom stereocenters. The molecule has 0 atom stereocenters. The van der Waals surface area contributed by atoms with Gasteiger partial charge in [0.2, 0.25) is 0 Å². The van der Waals surface area contributed by atoms with Crippen molar-refractivity contribution >= 4 is 33.2 Å². The number of nitrogens with one attached hydrogen (secondary N) is 2. The Hall–Kier alpha value is -2.79. The molecule has 0 saturated carbocycles. The summed E-state index contributed by atoms with van der Waals surface area (Å²) < 4.78 is 6.53. The van der Waals surface area contributed by atoms with E-state index in [4.69, 9.17) is 4.74 Å². The molecule has 0 aliphatic heterocycles. The average molecular weight is 467 g/mol. The number of hydrogen-bond donors (Lipinski definition) is 2. The Labute approximate surface area is 186 Å². The number of rotatable bonds is 7. The Bertz CT molecular complexity index is 1060. The second-order valence-electron chi connectivity index (χ2n) is 7.50. The minimum atomic E-state index is -0.184. The van der Waals surface area contributed by atoms with Crippen molar-refractivity contribution in [1.29, 1.82) is 0 Å². The zero-order valence-electron chi connectivity index (χ0n) is 17.8. The zero-order chi connectivity index (χ0) is 21.7. The Morgan fingerprint density at radius 2 is 1.73 bits per heavy atom. The van der Waals surface area contributed by atoms with Gasteiger partial charge in [-0.25, -0.2) is 0 Å². The summed E-state index contributed by atoms with van der Waals surface area (Å²) in [4.78, 5) is 12.3. The molecular weight excluding hydrogens is 440 g/mol. The average Bonchev–Trinajstić information content (AvgIpc) is 2.71. The first kappa shape index (κ1) is 21.9. The number of benzene rings is 3. The summed E-state index contributed by atoms with van der Waals surface area (Å²) in [6.45, 7) is 8.89. The van der Waals surface area contributed by atoms with Crippen molar-refractivity contribution < 1.29 is 9.53 Å². The molecule has 30 heavy (non-hydrogen) atoms. The van der Waals surface area contributed by atoms with Crippen molar-refractivity contribution in [3.8, 4) is 5.75 Å². The van der Waals surface area contributed by atoms with Crippen LogP contribution in [-0.2, 0) is 11.3 Å². The van der Waals surface area contributed by atoms with Crippen LogP contribution in [0.25, 0.3) is 0 Å². The minimum Gasteiger partial charge on any atom is -0.483 e. The molecule has 0 aromatic heterocycles. The fourth-order valence-corrected chi connectivity index (χ4v) is 3.58. The molecule has 0 aliphatic carbocycles. The zero-order valence-corrected chi connectivity index (χ0v) is 19.4. The van der Waals surface area contributed by atoms with Crippen molar-refractivity contribution in [2.75, 3.05) is 17.2 Å². The highest BCUT2D eigenvalue weighted by Gasteiger charge is 2.09. The number of amides is 1. The molecule has 1 amide bonds. The van der Waals surface area contributed by atoms with Gasteiger partial charge in [0.15, 0.2) is 6.61 Å². The highest BCUT2D eigenvalue weighted by molar-refractivity contribution is 9.10. The minimum absolute atomic E-state index is 0.0494. The molecule has 0 radical (unpaired) electrons. The van der Waals surface area contributed by atoms with E-state index in [0.717, 1.165) is 32.5 Å². The fraction of sp³-hybridized carbons (Fsp3) is 0.240. The largest absolute Gasteiger partial charge is 0.483 e. The molecule has 3 rings (SSSR count). The van der Waals surface area contributed by atoms with Crippen LogP contribution in [0.2, 0.25) is 0 Å². The Balaban J connectivity index is 1.55. The lowest BCUT2D eigenvalue weighted by Crippen LogP contribution is -2.21. The third-order valence-corrected chi connectivity index (χ3v) is 5.86. The fourth-order valence-electron chi connectivity index (χ4n) is 3.04. The standard InChI is InChI=1S/C25H27BrN2O2/c1-16-8-10-21(12-18(16)3)27-14-20-9-11-24(22(26)13-20)30-15-25(29)28-23-7-5-6-17(2)19(23)4/h5-13,27H,14-15H2,1-4H3,(H,28,29). The summed E-state index contributed by atoms with van der Waals surface area (Å²) in [6.07, 6.45) is 0. The molecule has 156 valence electrons. The number of carbonyl (C=O) groups excluding carboxylic acids is 1. The lowest BCUT2D eigenvalue weighted by Gasteiger charge is -2.13. The molecule has 4 nitrogen and oxygen atoms in total. The lowest BCUT2D eigenvalue weighted by atomic mass is 10.1. The molecule has 2 N–H and O–H groups in total. The summed E-state index contributed by atoms with van der Waals surface area (Å²) in [6, 6.07) is 18.1. The van der Waals surface area contributed by atoms with Crippen LogP contribution in [0.3, 0.4) is 0 Å². The number of aryl methyl sites for hydroxylation is 3. The second kappa shape index (κ2) is 9.81. The van der Waals surface area contributed by atoms with Crippen LogP contribution in [0.15, 0.2) is 59.1 Å². The van der Waals surface area contributed by atoms with Gasteiger partial charge < -0.3 is 15.4 Å². The van der Waals surface area contributed by atoms with E-state index in [9.17, 15) is 4.79 Å². The molecular formula is C25H27BrN2O2. The van der Waals surface area contributed by atoms with Crippen LogP contribution >= 0.6 is 15.9 Å². The predicted molar refractivity (Wildman–Crippen MR) is 127 cm³/mol. The van der Waals surface area contributed by atoms with Gasteiger partial charge in [-0.15, -0.1) is 0 Å². The summed E-state index contributed by atoms with van der Waals surface area (Å²) in [5, 5.41) is 6.35. The van der Waals surface area contributed by atoms with Crippen LogP contribution < -0.4 is 15.4 Å². The quantitative estimate of drug-likeness (QED) is 0.428. The second-order valence-corrected chi connectivity index (χ2v) is 8.36. The highest BCUT2D eigenvalue weighted by atomic mass is 79.9. The van der Waals surface area contributed by atoms with E-state index in [0.29, 0.717) is 12.3 Å². The van der Waals surface area contributed by atoms with Gasteiger partial charge in [0.1, 0.15) is 5.75 Å². The van der Waals surface area contributed by atoms with Gasteiger partial charge in [-0.05, 0) is 102 Å². The van der Waals surface area contributed by atoms with E-state index in [1.54, 1.807) is 0 Å². The Morgan fingerprint density at radius 1 is 0.933 bits per heavy atom. The molecule has 0 fully saturated rings. The van der Waals surface area contributed by atoms with Crippen molar-refractivity contribution in [1.82, 2.24) is 0 Å². The van der Waals surface area contributed by atoms with E-state index in [1.165, 1.54) is 11.1 Å². The Morgan fingerprint density at radius 3 is 2.47 bits per heavy atom. The van der Waals surface area contributed by atoms with Gasteiger partial charge in [0, 0.05) is 17.9 Å². The smallest absolute Gasteiger partial charge is 0.262 e. The number of ether oxygens (including phenoxy) is 1. The monoisotopic (exact) mass is 466 g/mol. The molecule has 0 heterocycles.